The second-order valence-corrected chi connectivity index (χ2v) is 7.63. The van der Waals surface area contributed by atoms with Gasteiger partial charge in [-0.1, -0.05) is 12.1 Å². The Labute approximate surface area is 152 Å². The number of nitrogens with zero attached hydrogens (tertiary/aromatic N) is 1. The minimum atomic E-state index is -3.77. The van der Waals surface area contributed by atoms with Gasteiger partial charge in [0.15, 0.2) is 0 Å². The maximum atomic E-state index is 14.0. The average molecular weight is 380 g/mol. The summed E-state index contributed by atoms with van der Waals surface area (Å²) in [5.41, 5.74) is 0.746. The molecular formula is C18H21FN2O4S. The summed E-state index contributed by atoms with van der Waals surface area (Å²) in [6, 6.07) is 10.6. The van der Waals surface area contributed by atoms with Gasteiger partial charge in [0.1, 0.15) is 18.2 Å². The summed E-state index contributed by atoms with van der Waals surface area (Å²) in [5, 5.41) is 0. The average Bonchev–Trinajstić information content (AvgIpc) is 2.61. The van der Waals surface area contributed by atoms with Gasteiger partial charge in [0.25, 0.3) is 5.91 Å². The zero-order valence-corrected chi connectivity index (χ0v) is 15.6. The maximum Gasteiger partial charge on any atom is 0.256 e. The minimum absolute atomic E-state index is 0.172. The number of carbonyl (C=O) groups is 1. The van der Waals surface area contributed by atoms with E-state index in [9.17, 15) is 17.6 Å². The van der Waals surface area contributed by atoms with Crippen molar-refractivity contribution in [2.75, 3.05) is 27.2 Å². The summed E-state index contributed by atoms with van der Waals surface area (Å²) in [7, 11) is -1.02. The Morgan fingerprint density at radius 2 is 1.96 bits per heavy atom. The second-order valence-electron chi connectivity index (χ2n) is 5.74. The predicted molar refractivity (Wildman–Crippen MR) is 96.3 cm³/mol. The lowest BCUT2D eigenvalue weighted by Crippen LogP contribution is -2.31. The van der Waals surface area contributed by atoms with Crippen LogP contribution in [0.1, 0.15) is 15.9 Å². The van der Waals surface area contributed by atoms with Gasteiger partial charge in [-0.2, -0.15) is 0 Å². The van der Waals surface area contributed by atoms with Crippen LogP contribution >= 0.6 is 0 Å². The molecule has 0 aliphatic heterocycles. The zero-order valence-electron chi connectivity index (χ0n) is 14.8. The molecular weight excluding hydrogens is 359 g/mol. The predicted octanol–water partition coefficient (Wildman–Crippen LogP) is 2.19. The van der Waals surface area contributed by atoms with Crippen molar-refractivity contribution in [1.29, 1.82) is 0 Å². The highest BCUT2D eigenvalue weighted by Gasteiger charge is 2.20. The Morgan fingerprint density at radius 3 is 2.62 bits per heavy atom. The highest BCUT2D eigenvalue weighted by atomic mass is 32.2. The SMILES string of the molecule is CNS(=O)(=O)c1ccc(F)c(C(=O)N(C)CCOc2cccc(C)c2)c1. The molecule has 6 nitrogen and oxygen atoms in total. The number of hydrogen-bond acceptors (Lipinski definition) is 4. The third kappa shape index (κ3) is 4.80. The first-order valence-electron chi connectivity index (χ1n) is 7.92. The molecule has 0 spiro atoms. The molecule has 1 N–H and O–H groups in total. The van der Waals surface area contributed by atoms with Crippen molar-refractivity contribution >= 4 is 15.9 Å². The number of aryl methyl sites for hydroxylation is 1. The van der Waals surface area contributed by atoms with E-state index in [-0.39, 0.29) is 23.6 Å². The fourth-order valence-electron chi connectivity index (χ4n) is 2.27. The van der Waals surface area contributed by atoms with E-state index in [1.54, 1.807) is 6.07 Å². The molecule has 0 bridgehead atoms. The van der Waals surface area contributed by atoms with Crippen LogP contribution in [-0.2, 0) is 10.0 Å². The minimum Gasteiger partial charge on any atom is -0.492 e. The monoisotopic (exact) mass is 380 g/mol. The Hall–Kier alpha value is -2.45. The lowest BCUT2D eigenvalue weighted by molar-refractivity contribution is 0.0769. The third-order valence-electron chi connectivity index (χ3n) is 3.78. The van der Waals surface area contributed by atoms with Crippen LogP contribution in [-0.4, -0.2) is 46.5 Å². The van der Waals surface area contributed by atoms with E-state index in [1.807, 2.05) is 25.1 Å². The van der Waals surface area contributed by atoms with Gasteiger partial charge in [-0.15, -0.1) is 0 Å². The Kier molecular flexibility index (Phi) is 6.33. The van der Waals surface area contributed by atoms with Crippen LogP contribution in [0.15, 0.2) is 47.4 Å². The number of amides is 1. The van der Waals surface area contributed by atoms with Crippen LogP contribution in [0.5, 0.6) is 5.75 Å². The Balaban J connectivity index is 2.06. The molecule has 0 unspecified atom stereocenters. The van der Waals surface area contributed by atoms with Crippen molar-refractivity contribution in [2.24, 2.45) is 0 Å². The molecule has 0 saturated heterocycles. The maximum absolute atomic E-state index is 14.0. The van der Waals surface area contributed by atoms with E-state index in [0.717, 1.165) is 23.8 Å². The number of rotatable bonds is 7. The van der Waals surface area contributed by atoms with E-state index in [0.29, 0.717) is 5.75 Å². The van der Waals surface area contributed by atoms with Crippen LogP contribution in [0.3, 0.4) is 0 Å². The first-order valence-corrected chi connectivity index (χ1v) is 9.41. The Bertz CT molecular complexity index is 900. The van der Waals surface area contributed by atoms with Gasteiger partial charge in [-0.25, -0.2) is 17.5 Å². The molecule has 0 saturated carbocycles. The van der Waals surface area contributed by atoms with Crippen LogP contribution in [0, 0.1) is 12.7 Å². The molecule has 0 radical (unpaired) electrons. The van der Waals surface area contributed by atoms with E-state index >= 15 is 0 Å². The molecule has 2 rings (SSSR count). The molecule has 26 heavy (non-hydrogen) atoms. The normalized spacial score (nSPS) is 11.2. The molecule has 8 heteroatoms. The first-order chi connectivity index (χ1) is 12.2. The summed E-state index contributed by atoms with van der Waals surface area (Å²) in [5.74, 6) is -0.723. The molecule has 0 aliphatic rings. The van der Waals surface area contributed by atoms with Gasteiger partial charge in [-0.05, 0) is 49.9 Å². The highest BCUT2D eigenvalue weighted by Crippen LogP contribution is 2.17. The zero-order chi connectivity index (χ0) is 19.3. The van der Waals surface area contributed by atoms with Crippen LogP contribution in [0.4, 0.5) is 4.39 Å². The molecule has 2 aromatic carbocycles. The number of hydrogen-bond donors (Lipinski definition) is 1. The lowest BCUT2D eigenvalue weighted by atomic mass is 10.2. The molecule has 0 heterocycles. The molecule has 0 fully saturated rings. The molecule has 0 atom stereocenters. The molecule has 2 aromatic rings. The Morgan fingerprint density at radius 1 is 1.23 bits per heavy atom. The van der Waals surface area contributed by atoms with Gasteiger partial charge >= 0.3 is 0 Å². The van der Waals surface area contributed by atoms with Gasteiger partial charge in [0.2, 0.25) is 10.0 Å². The summed E-state index contributed by atoms with van der Waals surface area (Å²) >= 11 is 0. The second kappa shape index (κ2) is 8.29. The van der Waals surface area contributed by atoms with Gasteiger partial charge < -0.3 is 9.64 Å². The van der Waals surface area contributed by atoms with Crippen molar-refractivity contribution < 1.29 is 22.3 Å². The number of likely N-dealkylation sites (N-methyl/N-ethyl adjacent to an activating group) is 1. The fourth-order valence-corrected chi connectivity index (χ4v) is 3.02. The summed E-state index contributed by atoms with van der Waals surface area (Å²) in [6.07, 6.45) is 0. The van der Waals surface area contributed by atoms with Crippen molar-refractivity contribution in [2.45, 2.75) is 11.8 Å². The summed E-state index contributed by atoms with van der Waals surface area (Å²) < 4.78 is 45.4. The van der Waals surface area contributed by atoms with Crippen molar-refractivity contribution in [3.8, 4) is 5.75 Å². The summed E-state index contributed by atoms with van der Waals surface area (Å²) in [6.45, 7) is 2.38. The number of sulfonamides is 1. The number of benzene rings is 2. The van der Waals surface area contributed by atoms with Crippen LogP contribution in [0.2, 0.25) is 0 Å². The van der Waals surface area contributed by atoms with Crippen molar-refractivity contribution in [3.63, 3.8) is 0 Å². The third-order valence-corrected chi connectivity index (χ3v) is 5.19. The number of nitrogens with one attached hydrogen (secondary N) is 1. The van der Waals surface area contributed by atoms with Crippen LogP contribution < -0.4 is 9.46 Å². The standard InChI is InChI=1S/C18H21FN2O4S/c1-13-5-4-6-14(11-13)25-10-9-21(3)18(22)16-12-15(7-8-17(16)19)26(23,24)20-2/h4-8,11-12,20H,9-10H2,1-3H3. The van der Waals surface area contributed by atoms with Gasteiger partial charge in [0.05, 0.1) is 17.0 Å². The van der Waals surface area contributed by atoms with Gasteiger partial charge in [-0.3, -0.25) is 4.79 Å². The molecule has 0 aromatic heterocycles. The van der Waals surface area contributed by atoms with E-state index in [2.05, 4.69) is 4.72 Å². The molecule has 0 aliphatic carbocycles. The lowest BCUT2D eigenvalue weighted by Gasteiger charge is -2.18. The number of halogens is 1. The van der Waals surface area contributed by atoms with Crippen molar-refractivity contribution in [1.82, 2.24) is 9.62 Å². The fraction of sp³-hybridized carbons (Fsp3) is 0.278. The number of carbonyl (C=O) groups excluding carboxylic acids is 1. The molecule has 140 valence electrons. The first kappa shape index (κ1) is 19.9. The summed E-state index contributed by atoms with van der Waals surface area (Å²) in [4.78, 5) is 13.6. The molecule has 1 amide bonds. The van der Waals surface area contributed by atoms with E-state index in [1.165, 1.54) is 19.0 Å². The highest BCUT2D eigenvalue weighted by molar-refractivity contribution is 7.89. The number of ether oxygens (including phenoxy) is 1. The van der Waals surface area contributed by atoms with Crippen molar-refractivity contribution in [3.05, 3.63) is 59.4 Å². The largest absolute Gasteiger partial charge is 0.492 e. The van der Waals surface area contributed by atoms with E-state index in [4.69, 9.17) is 4.74 Å². The topological polar surface area (TPSA) is 75.7 Å². The van der Waals surface area contributed by atoms with Gasteiger partial charge in [0, 0.05) is 7.05 Å². The smallest absolute Gasteiger partial charge is 0.256 e. The quantitative estimate of drug-likeness (QED) is 0.799. The van der Waals surface area contributed by atoms with E-state index < -0.39 is 21.7 Å². The van der Waals surface area contributed by atoms with Crippen LogP contribution in [0.25, 0.3) is 0 Å².